The van der Waals surface area contributed by atoms with Crippen molar-refractivity contribution in [3.63, 3.8) is 0 Å². The molecule has 3 nitrogen and oxygen atoms in total. The van der Waals surface area contributed by atoms with Crippen LogP contribution in [0.2, 0.25) is 0 Å². The van der Waals surface area contributed by atoms with E-state index in [1.165, 1.54) is 12.0 Å². The minimum Gasteiger partial charge on any atom is -0.493 e. The predicted octanol–water partition coefficient (Wildman–Crippen LogP) is 2.57. The highest BCUT2D eigenvalue weighted by atomic mass is 16.5. The van der Waals surface area contributed by atoms with Crippen molar-refractivity contribution in [1.29, 1.82) is 0 Å². The van der Waals surface area contributed by atoms with Gasteiger partial charge in [0.1, 0.15) is 5.75 Å². The van der Waals surface area contributed by atoms with Crippen molar-refractivity contribution < 1.29 is 9.47 Å². The van der Waals surface area contributed by atoms with E-state index in [0.717, 1.165) is 45.1 Å². The van der Waals surface area contributed by atoms with Crippen LogP contribution in [-0.2, 0) is 4.74 Å². The smallest absolute Gasteiger partial charge is 0.122 e. The molecule has 0 aliphatic carbocycles. The van der Waals surface area contributed by atoms with Gasteiger partial charge in [-0.2, -0.15) is 0 Å². The van der Waals surface area contributed by atoms with Gasteiger partial charge in [0.05, 0.1) is 13.2 Å². The average Bonchev–Trinajstić information content (AvgIpc) is 2.81. The minimum absolute atomic E-state index is 0.483. The SMILES string of the molecule is CCCCOCCNCC1COc2ccccc21. The summed E-state index contributed by atoms with van der Waals surface area (Å²) in [7, 11) is 0. The van der Waals surface area contributed by atoms with Crippen LogP contribution in [0, 0.1) is 0 Å². The average molecular weight is 249 g/mol. The summed E-state index contributed by atoms with van der Waals surface area (Å²) in [6, 6.07) is 8.31. The van der Waals surface area contributed by atoms with Gasteiger partial charge in [-0.25, -0.2) is 0 Å². The van der Waals surface area contributed by atoms with Gasteiger partial charge >= 0.3 is 0 Å². The summed E-state index contributed by atoms with van der Waals surface area (Å²) in [5, 5.41) is 3.44. The Kier molecular flexibility index (Phi) is 5.49. The fraction of sp³-hybridized carbons (Fsp3) is 0.600. The van der Waals surface area contributed by atoms with Gasteiger partial charge < -0.3 is 14.8 Å². The maximum absolute atomic E-state index is 5.65. The molecule has 1 unspecified atom stereocenters. The Morgan fingerprint density at radius 2 is 2.22 bits per heavy atom. The molecule has 1 atom stereocenters. The van der Waals surface area contributed by atoms with Gasteiger partial charge in [-0.05, 0) is 12.5 Å². The Bertz CT molecular complexity index is 354. The van der Waals surface area contributed by atoms with E-state index in [2.05, 4.69) is 24.4 Å². The molecule has 18 heavy (non-hydrogen) atoms. The van der Waals surface area contributed by atoms with Crippen LogP contribution in [0.1, 0.15) is 31.2 Å². The van der Waals surface area contributed by atoms with Crippen LogP contribution in [-0.4, -0.2) is 32.9 Å². The third-order valence-corrected chi connectivity index (χ3v) is 3.26. The number of nitrogens with one attached hydrogen (secondary N) is 1. The molecule has 1 aliphatic rings. The normalized spacial score (nSPS) is 17.5. The first-order chi connectivity index (χ1) is 8.92. The van der Waals surface area contributed by atoms with Gasteiger partial charge in [-0.3, -0.25) is 0 Å². The van der Waals surface area contributed by atoms with Crippen LogP contribution in [0.25, 0.3) is 0 Å². The van der Waals surface area contributed by atoms with Gasteiger partial charge in [-0.1, -0.05) is 31.5 Å². The number of unbranched alkanes of at least 4 members (excludes halogenated alkanes) is 1. The Labute approximate surface area is 109 Å². The second-order valence-corrected chi connectivity index (χ2v) is 4.72. The first-order valence-electron chi connectivity index (χ1n) is 6.92. The molecule has 0 saturated carbocycles. The zero-order valence-electron chi connectivity index (χ0n) is 11.2. The molecule has 0 fully saturated rings. The zero-order valence-corrected chi connectivity index (χ0v) is 11.2. The fourth-order valence-corrected chi connectivity index (χ4v) is 2.17. The minimum atomic E-state index is 0.483. The Morgan fingerprint density at radius 1 is 1.33 bits per heavy atom. The summed E-state index contributed by atoms with van der Waals surface area (Å²) < 4.78 is 11.2. The largest absolute Gasteiger partial charge is 0.493 e. The quantitative estimate of drug-likeness (QED) is 0.718. The second-order valence-electron chi connectivity index (χ2n) is 4.72. The van der Waals surface area contributed by atoms with E-state index in [9.17, 15) is 0 Å². The van der Waals surface area contributed by atoms with Crippen molar-refractivity contribution in [3.05, 3.63) is 29.8 Å². The molecule has 1 N–H and O–H groups in total. The summed E-state index contributed by atoms with van der Waals surface area (Å²) in [6.07, 6.45) is 2.35. The third-order valence-electron chi connectivity index (χ3n) is 3.26. The van der Waals surface area contributed by atoms with Crippen molar-refractivity contribution in [2.45, 2.75) is 25.7 Å². The lowest BCUT2D eigenvalue weighted by molar-refractivity contribution is 0.132. The van der Waals surface area contributed by atoms with Crippen LogP contribution in [0.5, 0.6) is 5.75 Å². The molecule has 3 heteroatoms. The van der Waals surface area contributed by atoms with Crippen LogP contribution in [0.4, 0.5) is 0 Å². The molecule has 0 aromatic heterocycles. The van der Waals surface area contributed by atoms with E-state index in [-0.39, 0.29) is 0 Å². The zero-order chi connectivity index (χ0) is 12.6. The molecule has 0 amide bonds. The molecule has 0 bridgehead atoms. The number of benzene rings is 1. The van der Waals surface area contributed by atoms with Gasteiger partial charge in [-0.15, -0.1) is 0 Å². The van der Waals surface area contributed by atoms with Crippen molar-refractivity contribution in [3.8, 4) is 5.75 Å². The lowest BCUT2D eigenvalue weighted by Gasteiger charge is -2.10. The number of hydrogen-bond donors (Lipinski definition) is 1. The predicted molar refractivity (Wildman–Crippen MR) is 73.3 cm³/mol. The van der Waals surface area contributed by atoms with E-state index in [0.29, 0.717) is 5.92 Å². The van der Waals surface area contributed by atoms with Crippen LogP contribution in [0.15, 0.2) is 24.3 Å². The summed E-state index contributed by atoms with van der Waals surface area (Å²) in [4.78, 5) is 0. The van der Waals surface area contributed by atoms with E-state index in [1.807, 2.05) is 12.1 Å². The molecule has 0 spiro atoms. The number of para-hydroxylation sites is 1. The number of fused-ring (bicyclic) bond motifs is 1. The molecular weight excluding hydrogens is 226 g/mol. The summed E-state index contributed by atoms with van der Waals surface area (Å²) in [5.74, 6) is 1.53. The van der Waals surface area contributed by atoms with Crippen molar-refractivity contribution in [1.82, 2.24) is 5.32 Å². The van der Waals surface area contributed by atoms with E-state index >= 15 is 0 Å². The summed E-state index contributed by atoms with van der Waals surface area (Å²) in [5.41, 5.74) is 1.33. The highest BCUT2D eigenvalue weighted by molar-refractivity contribution is 5.39. The topological polar surface area (TPSA) is 30.5 Å². The lowest BCUT2D eigenvalue weighted by Crippen LogP contribution is -2.26. The van der Waals surface area contributed by atoms with Gasteiger partial charge in [0.2, 0.25) is 0 Å². The molecular formula is C15H23NO2. The van der Waals surface area contributed by atoms with Crippen LogP contribution < -0.4 is 10.1 Å². The first kappa shape index (κ1) is 13.4. The third kappa shape index (κ3) is 3.72. The Morgan fingerprint density at radius 3 is 3.11 bits per heavy atom. The molecule has 100 valence electrons. The van der Waals surface area contributed by atoms with E-state index < -0.39 is 0 Å². The second kappa shape index (κ2) is 7.39. The Balaban J connectivity index is 1.61. The van der Waals surface area contributed by atoms with Crippen molar-refractivity contribution >= 4 is 0 Å². The maximum atomic E-state index is 5.65. The highest BCUT2D eigenvalue weighted by Crippen LogP contribution is 2.32. The number of ether oxygens (including phenoxy) is 2. The number of rotatable bonds is 8. The fourth-order valence-electron chi connectivity index (χ4n) is 2.17. The number of hydrogen-bond acceptors (Lipinski definition) is 3. The molecule has 1 aromatic rings. The monoisotopic (exact) mass is 249 g/mol. The van der Waals surface area contributed by atoms with Crippen LogP contribution in [0.3, 0.4) is 0 Å². The maximum Gasteiger partial charge on any atom is 0.122 e. The summed E-state index contributed by atoms with van der Waals surface area (Å²) >= 11 is 0. The van der Waals surface area contributed by atoms with Crippen molar-refractivity contribution in [2.75, 3.05) is 32.9 Å². The van der Waals surface area contributed by atoms with E-state index in [1.54, 1.807) is 0 Å². The van der Waals surface area contributed by atoms with Crippen molar-refractivity contribution in [2.24, 2.45) is 0 Å². The molecule has 0 radical (unpaired) electrons. The van der Waals surface area contributed by atoms with Crippen LogP contribution >= 0.6 is 0 Å². The standard InChI is InChI=1S/C15H23NO2/c1-2-3-9-17-10-8-16-11-13-12-18-15-7-5-4-6-14(13)15/h4-7,13,16H,2-3,8-12H2,1H3. The molecule has 1 aliphatic heterocycles. The molecule has 1 aromatic carbocycles. The first-order valence-corrected chi connectivity index (χ1v) is 6.92. The van der Waals surface area contributed by atoms with E-state index in [4.69, 9.17) is 9.47 Å². The van der Waals surface area contributed by atoms with Gasteiger partial charge in [0, 0.05) is 31.2 Å². The Hall–Kier alpha value is -1.06. The van der Waals surface area contributed by atoms with Gasteiger partial charge in [0.25, 0.3) is 0 Å². The lowest BCUT2D eigenvalue weighted by atomic mass is 10.0. The molecule has 2 rings (SSSR count). The van der Waals surface area contributed by atoms with Gasteiger partial charge in [0.15, 0.2) is 0 Å². The molecule has 0 saturated heterocycles. The molecule has 1 heterocycles. The summed E-state index contributed by atoms with van der Waals surface area (Å²) in [6.45, 7) is 6.54. The highest BCUT2D eigenvalue weighted by Gasteiger charge is 2.22.